The molecule has 0 amide bonds. The highest BCUT2D eigenvalue weighted by Crippen LogP contribution is 2.15. The average Bonchev–Trinajstić information content (AvgIpc) is 2.67. The second kappa shape index (κ2) is 5.10. The van der Waals surface area contributed by atoms with E-state index in [0.29, 0.717) is 0 Å². The number of hydrogen-bond donors (Lipinski definition) is 0. The van der Waals surface area contributed by atoms with E-state index in [9.17, 15) is 0 Å². The van der Waals surface area contributed by atoms with E-state index in [-0.39, 0.29) is 0 Å². The van der Waals surface area contributed by atoms with Crippen molar-refractivity contribution in [2.75, 3.05) is 0 Å². The van der Waals surface area contributed by atoms with Gasteiger partial charge in [0.25, 0.3) is 0 Å². The van der Waals surface area contributed by atoms with Gasteiger partial charge in [0.05, 0.1) is 12.5 Å². The fraction of sp³-hybridized carbons (Fsp3) is 0.556. The maximum Gasteiger partial charge on any atom is 0.0902 e. The molecule has 0 radical (unpaired) electrons. The molecule has 0 aliphatic heterocycles. The third-order valence-electron chi connectivity index (χ3n) is 1.68. The standard InChI is InChI=1S/C5H10.C4H4O/c2*1-2-4-5-3-1/h1-5H2;1-4H. The molecule has 0 N–H and O–H groups in total. The molecule has 10 heavy (non-hydrogen) atoms. The first kappa shape index (κ1) is 7.39. The van der Waals surface area contributed by atoms with Crippen LogP contribution in [0.3, 0.4) is 0 Å². The Bertz CT molecular complexity index is 104. The molecule has 1 heterocycles. The molecule has 0 unspecified atom stereocenters. The Morgan fingerprint density at radius 1 is 0.700 bits per heavy atom. The maximum atomic E-state index is 4.58. The minimum atomic E-state index is 1.50. The van der Waals surface area contributed by atoms with Gasteiger partial charge in [0, 0.05) is 0 Å². The van der Waals surface area contributed by atoms with Gasteiger partial charge >= 0.3 is 0 Å². The van der Waals surface area contributed by atoms with Crippen molar-refractivity contribution < 1.29 is 4.42 Å². The molecule has 1 aliphatic carbocycles. The summed E-state index contributed by atoms with van der Waals surface area (Å²) in [6.45, 7) is 0. The fourth-order valence-electron chi connectivity index (χ4n) is 1.11. The molecular weight excluding hydrogens is 124 g/mol. The fourth-order valence-corrected chi connectivity index (χ4v) is 1.11. The number of furan rings is 1. The number of hydrogen-bond acceptors (Lipinski definition) is 1. The summed E-state index contributed by atoms with van der Waals surface area (Å²) < 4.78 is 4.58. The smallest absolute Gasteiger partial charge is 0.0902 e. The molecule has 0 saturated heterocycles. The van der Waals surface area contributed by atoms with E-state index in [1.165, 1.54) is 32.1 Å². The lowest BCUT2D eigenvalue weighted by atomic mass is 10.4. The van der Waals surface area contributed by atoms with Crippen LogP contribution in [0.2, 0.25) is 0 Å². The minimum absolute atomic E-state index is 1.50. The van der Waals surface area contributed by atoms with Crippen molar-refractivity contribution in [3.05, 3.63) is 24.7 Å². The zero-order valence-electron chi connectivity index (χ0n) is 6.25. The second-order valence-electron chi connectivity index (χ2n) is 2.56. The maximum absolute atomic E-state index is 4.58. The molecule has 0 atom stereocenters. The van der Waals surface area contributed by atoms with Crippen LogP contribution in [0.15, 0.2) is 29.1 Å². The summed E-state index contributed by atoms with van der Waals surface area (Å²) in [6, 6.07) is 3.67. The summed E-state index contributed by atoms with van der Waals surface area (Å²) in [4.78, 5) is 0. The van der Waals surface area contributed by atoms with Crippen LogP contribution >= 0.6 is 0 Å². The van der Waals surface area contributed by atoms with E-state index < -0.39 is 0 Å². The molecular formula is C9H14O. The highest BCUT2D eigenvalue weighted by Gasteiger charge is 1.95. The first-order chi connectivity index (χ1) is 5.00. The SMILES string of the molecule is C1CCCC1.c1ccoc1. The van der Waals surface area contributed by atoms with Crippen LogP contribution in [0.25, 0.3) is 0 Å². The van der Waals surface area contributed by atoms with Crippen molar-refractivity contribution >= 4 is 0 Å². The highest BCUT2D eigenvalue weighted by molar-refractivity contribution is 4.79. The molecule has 1 nitrogen and oxygen atoms in total. The van der Waals surface area contributed by atoms with E-state index >= 15 is 0 Å². The zero-order valence-corrected chi connectivity index (χ0v) is 6.25. The Kier molecular flexibility index (Phi) is 3.76. The van der Waals surface area contributed by atoms with Crippen molar-refractivity contribution in [1.82, 2.24) is 0 Å². The lowest BCUT2D eigenvalue weighted by molar-refractivity contribution is 0.567. The normalized spacial score (nSPS) is 16.0. The monoisotopic (exact) mass is 138 g/mol. The quantitative estimate of drug-likeness (QED) is 0.536. The lowest BCUT2D eigenvalue weighted by Crippen LogP contribution is -1.47. The average molecular weight is 138 g/mol. The summed E-state index contributed by atoms with van der Waals surface area (Å²) in [7, 11) is 0. The van der Waals surface area contributed by atoms with Gasteiger partial charge in [0.2, 0.25) is 0 Å². The summed E-state index contributed by atoms with van der Waals surface area (Å²) in [5.74, 6) is 0. The Labute approximate surface area is 62.1 Å². The van der Waals surface area contributed by atoms with Crippen molar-refractivity contribution in [3.63, 3.8) is 0 Å². The van der Waals surface area contributed by atoms with Crippen LogP contribution in [0.5, 0.6) is 0 Å². The second-order valence-corrected chi connectivity index (χ2v) is 2.56. The topological polar surface area (TPSA) is 13.1 Å². The first-order valence-corrected chi connectivity index (χ1v) is 3.97. The summed E-state index contributed by atoms with van der Waals surface area (Å²) in [5, 5.41) is 0. The van der Waals surface area contributed by atoms with E-state index in [1.807, 2.05) is 12.1 Å². The van der Waals surface area contributed by atoms with Crippen molar-refractivity contribution in [1.29, 1.82) is 0 Å². The van der Waals surface area contributed by atoms with Gasteiger partial charge in [-0.25, -0.2) is 0 Å². The predicted octanol–water partition coefficient (Wildman–Crippen LogP) is 3.23. The lowest BCUT2D eigenvalue weighted by Gasteiger charge is -1.67. The molecule has 1 aliphatic rings. The van der Waals surface area contributed by atoms with Crippen LogP contribution in [0.4, 0.5) is 0 Å². The van der Waals surface area contributed by atoms with Crippen LogP contribution in [0, 0.1) is 0 Å². The van der Waals surface area contributed by atoms with Gasteiger partial charge in [0.1, 0.15) is 0 Å². The van der Waals surface area contributed by atoms with Gasteiger partial charge in [-0.15, -0.1) is 0 Å². The van der Waals surface area contributed by atoms with Crippen LogP contribution in [0.1, 0.15) is 32.1 Å². The first-order valence-electron chi connectivity index (χ1n) is 3.97. The molecule has 1 saturated carbocycles. The van der Waals surface area contributed by atoms with Gasteiger partial charge in [-0.1, -0.05) is 32.1 Å². The molecule has 0 aromatic carbocycles. The third-order valence-corrected chi connectivity index (χ3v) is 1.68. The van der Waals surface area contributed by atoms with Crippen molar-refractivity contribution in [2.45, 2.75) is 32.1 Å². The molecule has 56 valence electrons. The van der Waals surface area contributed by atoms with E-state index in [4.69, 9.17) is 0 Å². The van der Waals surface area contributed by atoms with Gasteiger partial charge in [-0.05, 0) is 12.1 Å². The molecule has 1 fully saturated rings. The molecule has 1 heteroatoms. The Morgan fingerprint density at radius 2 is 1.10 bits per heavy atom. The van der Waals surface area contributed by atoms with Gasteiger partial charge in [0.15, 0.2) is 0 Å². The Balaban J connectivity index is 0.0000001000. The van der Waals surface area contributed by atoms with Crippen molar-refractivity contribution in [3.8, 4) is 0 Å². The van der Waals surface area contributed by atoms with Crippen LogP contribution < -0.4 is 0 Å². The number of rotatable bonds is 0. The summed E-state index contributed by atoms with van der Waals surface area (Å²) in [6.07, 6.45) is 10.8. The van der Waals surface area contributed by atoms with Crippen LogP contribution in [-0.4, -0.2) is 0 Å². The van der Waals surface area contributed by atoms with Gasteiger partial charge in [-0.3, -0.25) is 0 Å². The highest BCUT2D eigenvalue weighted by atomic mass is 16.3. The summed E-state index contributed by atoms with van der Waals surface area (Å²) >= 11 is 0. The van der Waals surface area contributed by atoms with Crippen LogP contribution in [-0.2, 0) is 0 Å². The Morgan fingerprint density at radius 3 is 1.30 bits per heavy atom. The molecule has 0 bridgehead atoms. The van der Waals surface area contributed by atoms with E-state index in [2.05, 4.69) is 4.42 Å². The Hall–Kier alpha value is -0.720. The van der Waals surface area contributed by atoms with Crippen molar-refractivity contribution in [2.24, 2.45) is 0 Å². The molecule has 2 rings (SSSR count). The largest absolute Gasteiger partial charge is 0.473 e. The molecule has 0 spiro atoms. The van der Waals surface area contributed by atoms with Gasteiger partial charge in [-0.2, -0.15) is 0 Å². The minimum Gasteiger partial charge on any atom is -0.473 e. The molecule has 1 aromatic heterocycles. The third kappa shape index (κ3) is 3.33. The predicted molar refractivity (Wildman–Crippen MR) is 41.8 cm³/mol. The van der Waals surface area contributed by atoms with E-state index in [0.717, 1.165) is 0 Å². The van der Waals surface area contributed by atoms with E-state index in [1.54, 1.807) is 12.5 Å². The summed E-state index contributed by atoms with van der Waals surface area (Å²) in [5.41, 5.74) is 0. The van der Waals surface area contributed by atoms with Gasteiger partial charge < -0.3 is 4.42 Å². The zero-order chi connectivity index (χ0) is 7.07. The molecule has 1 aromatic rings.